The van der Waals surface area contributed by atoms with Crippen LogP contribution in [0.25, 0.3) is 0 Å². The highest BCUT2D eigenvalue weighted by Crippen LogP contribution is 2.42. The van der Waals surface area contributed by atoms with E-state index in [4.69, 9.17) is 27.9 Å². The first-order valence-electron chi connectivity index (χ1n) is 11.8. The standard InChI is InChI=1S/C24H25Cl2F3N6O/c1-12(21-18(25)8-31-9-19(21)26)36-16-2-3-20-17(5-16)22(34-33-20)14-4-13(6-30)23(32-7-14)35-10-15(11-35)24(27,28)29/h4,7-9,12,15-17,20,22,33-34H,2-3,5,10-11H2,1H3/t12-,16?,17?,20?,22?/m1/s1. The molecule has 3 aliphatic rings. The van der Waals surface area contributed by atoms with E-state index in [-0.39, 0.29) is 48.9 Å². The highest BCUT2D eigenvalue weighted by Gasteiger charge is 2.48. The zero-order valence-electron chi connectivity index (χ0n) is 19.4. The fourth-order valence-corrected chi connectivity index (χ4v) is 6.15. The lowest BCUT2D eigenvalue weighted by molar-refractivity contribution is -0.180. The molecule has 0 spiro atoms. The van der Waals surface area contributed by atoms with Crippen LogP contribution in [0.2, 0.25) is 10.0 Å². The van der Waals surface area contributed by atoms with Gasteiger partial charge in [-0.05, 0) is 43.7 Å². The van der Waals surface area contributed by atoms with Gasteiger partial charge in [-0.3, -0.25) is 10.4 Å². The first-order valence-corrected chi connectivity index (χ1v) is 12.6. The largest absolute Gasteiger partial charge is 0.395 e. The Hall–Kier alpha value is -2.16. The van der Waals surface area contributed by atoms with E-state index in [1.165, 1.54) is 4.90 Å². The average Bonchev–Trinajstić information content (AvgIpc) is 3.20. The number of ether oxygens (including phenoxy) is 1. The van der Waals surface area contributed by atoms with Crippen LogP contribution in [0.15, 0.2) is 24.7 Å². The summed E-state index contributed by atoms with van der Waals surface area (Å²) >= 11 is 12.6. The molecule has 12 heteroatoms. The summed E-state index contributed by atoms with van der Waals surface area (Å²) < 4.78 is 45.0. The molecule has 2 saturated heterocycles. The third-order valence-electron chi connectivity index (χ3n) is 7.41. The summed E-state index contributed by atoms with van der Waals surface area (Å²) in [5, 5.41) is 10.6. The van der Waals surface area contributed by atoms with Gasteiger partial charge in [-0.15, -0.1) is 0 Å². The van der Waals surface area contributed by atoms with Gasteiger partial charge < -0.3 is 9.64 Å². The minimum absolute atomic E-state index is 0.0196. The molecule has 0 radical (unpaired) electrons. The maximum absolute atomic E-state index is 12.9. The molecule has 0 amide bonds. The Morgan fingerprint density at radius 2 is 1.89 bits per heavy atom. The van der Waals surface area contributed by atoms with Gasteiger partial charge in [0.05, 0.1) is 39.8 Å². The number of anilines is 1. The number of pyridine rings is 2. The maximum Gasteiger partial charge on any atom is 0.395 e. The van der Waals surface area contributed by atoms with Crippen LogP contribution in [0.5, 0.6) is 0 Å². The van der Waals surface area contributed by atoms with E-state index in [0.717, 1.165) is 24.8 Å². The molecule has 36 heavy (non-hydrogen) atoms. The summed E-state index contributed by atoms with van der Waals surface area (Å²) in [4.78, 5) is 9.90. The number of nitrogens with zero attached hydrogens (tertiary/aromatic N) is 4. The molecule has 7 nitrogen and oxygen atoms in total. The van der Waals surface area contributed by atoms with Crippen LogP contribution >= 0.6 is 23.2 Å². The molecular formula is C24H25Cl2F3N6O. The van der Waals surface area contributed by atoms with Crippen molar-refractivity contribution in [2.45, 2.75) is 56.7 Å². The Bertz CT molecular complexity index is 1150. The molecule has 2 aromatic heterocycles. The van der Waals surface area contributed by atoms with Crippen molar-refractivity contribution in [2.75, 3.05) is 18.0 Å². The predicted molar refractivity (Wildman–Crippen MR) is 128 cm³/mol. The van der Waals surface area contributed by atoms with E-state index in [1.54, 1.807) is 24.7 Å². The number of alkyl halides is 3. The van der Waals surface area contributed by atoms with Crippen molar-refractivity contribution in [3.8, 4) is 6.07 Å². The first kappa shape index (κ1) is 25.5. The number of fused-ring (bicyclic) bond motifs is 1. The van der Waals surface area contributed by atoms with Crippen molar-refractivity contribution in [3.05, 3.63) is 51.4 Å². The Kier molecular flexibility index (Phi) is 7.05. The molecule has 5 rings (SSSR count). The Labute approximate surface area is 216 Å². The molecule has 0 aromatic carbocycles. The molecule has 4 unspecified atom stereocenters. The number of aromatic nitrogens is 2. The molecule has 5 atom stereocenters. The highest BCUT2D eigenvalue weighted by molar-refractivity contribution is 6.35. The van der Waals surface area contributed by atoms with Crippen LogP contribution in [0.1, 0.15) is 55.0 Å². The fraction of sp³-hybridized carbons (Fsp3) is 0.542. The van der Waals surface area contributed by atoms with Gasteiger partial charge in [-0.2, -0.15) is 18.4 Å². The number of nitriles is 1. The molecule has 2 aliphatic heterocycles. The summed E-state index contributed by atoms with van der Waals surface area (Å²) in [5.41, 5.74) is 8.48. The number of halogens is 5. The van der Waals surface area contributed by atoms with Crippen LogP contribution < -0.4 is 15.8 Å². The fourth-order valence-electron chi connectivity index (χ4n) is 5.47. The average molecular weight is 541 g/mol. The van der Waals surface area contributed by atoms with Gasteiger partial charge >= 0.3 is 6.18 Å². The Balaban J connectivity index is 1.28. The molecule has 0 bridgehead atoms. The van der Waals surface area contributed by atoms with Crippen molar-refractivity contribution in [2.24, 2.45) is 11.8 Å². The van der Waals surface area contributed by atoms with E-state index in [2.05, 4.69) is 26.9 Å². The molecule has 1 aliphatic carbocycles. The second-order valence-corrected chi connectivity index (χ2v) is 10.5. The SMILES string of the molecule is C[C@@H](OC1CCC2NNC(c3cnc(N4CC(C(F)(F)F)C4)c(C#N)c3)C2C1)c1c(Cl)cncc1Cl. The summed E-state index contributed by atoms with van der Waals surface area (Å²) in [5.74, 6) is -0.906. The smallest absolute Gasteiger partial charge is 0.370 e. The van der Waals surface area contributed by atoms with Gasteiger partial charge in [0.2, 0.25) is 0 Å². The first-order chi connectivity index (χ1) is 17.2. The van der Waals surface area contributed by atoms with Crippen LogP contribution in [0.3, 0.4) is 0 Å². The van der Waals surface area contributed by atoms with Gasteiger partial charge in [-0.25, -0.2) is 10.4 Å². The number of hydrogen-bond acceptors (Lipinski definition) is 7. The molecule has 2 N–H and O–H groups in total. The summed E-state index contributed by atoms with van der Waals surface area (Å²) in [6.45, 7) is 1.56. The van der Waals surface area contributed by atoms with E-state index >= 15 is 0 Å². The van der Waals surface area contributed by atoms with Gasteiger partial charge in [-0.1, -0.05) is 23.2 Å². The third kappa shape index (κ3) is 4.87. The lowest BCUT2D eigenvalue weighted by atomic mass is 9.78. The number of nitrogens with one attached hydrogen (secondary N) is 2. The van der Waals surface area contributed by atoms with Crippen molar-refractivity contribution >= 4 is 29.0 Å². The van der Waals surface area contributed by atoms with E-state index in [0.29, 0.717) is 21.4 Å². The third-order valence-corrected chi connectivity index (χ3v) is 8.01. The minimum Gasteiger partial charge on any atom is -0.370 e. The van der Waals surface area contributed by atoms with Crippen molar-refractivity contribution in [1.29, 1.82) is 5.26 Å². The van der Waals surface area contributed by atoms with Crippen LogP contribution in [0.4, 0.5) is 19.0 Å². The maximum atomic E-state index is 12.9. The van der Waals surface area contributed by atoms with Crippen molar-refractivity contribution in [3.63, 3.8) is 0 Å². The van der Waals surface area contributed by atoms with Gasteiger partial charge in [0, 0.05) is 43.3 Å². The van der Waals surface area contributed by atoms with Crippen LogP contribution in [-0.2, 0) is 4.74 Å². The Morgan fingerprint density at radius 1 is 1.17 bits per heavy atom. The van der Waals surface area contributed by atoms with Crippen molar-refractivity contribution in [1.82, 2.24) is 20.8 Å². The number of hydrogen-bond donors (Lipinski definition) is 2. The minimum atomic E-state index is -4.23. The van der Waals surface area contributed by atoms with Gasteiger partial charge in [0.1, 0.15) is 11.9 Å². The molecule has 3 fully saturated rings. The molecule has 1 saturated carbocycles. The van der Waals surface area contributed by atoms with Crippen LogP contribution in [0, 0.1) is 23.2 Å². The summed E-state index contributed by atoms with van der Waals surface area (Å²) in [7, 11) is 0. The topological polar surface area (TPSA) is 86.1 Å². The molecule has 4 heterocycles. The van der Waals surface area contributed by atoms with Crippen LogP contribution in [-0.4, -0.2) is 41.4 Å². The van der Waals surface area contributed by atoms with E-state index in [1.807, 2.05) is 6.92 Å². The highest BCUT2D eigenvalue weighted by atomic mass is 35.5. The molecular weight excluding hydrogens is 516 g/mol. The molecule has 192 valence electrons. The zero-order chi connectivity index (χ0) is 25.6. The second-order valence-electron chi connectivity index (χ2n) is 9.66. The second kappa shape index (κ2) is 9.95. The summed E-state index contributed by atoms with van der Waals surface area (Å²) in [6, 6.07) is 3.96. The van der Waals surface area contributed by atoms with E-state index < -0.39 is 12.1 Å². The number of hydrazine groups is 1. The monoisotopic (exact) mass is 540 g/mol. The lowest BCUT2D eigenvalue weighted by Crippen LogP contribution is -2.54. The normalized spacial score (nSPS) is 27.3. The molecule has 2 aromatic rings. The predicted octanol–water partition coefficient (Wildman–Crippen LogP) is 5.12. The zero-order valence-corrected chi connectivity index (χ0v) is 20.9. The summed E-state index contributed by atoms with van der Waals surface area (Å²) in [6.07, 6.45) is 2.72. The lowest BCUT2D eigenvalue weighted by Gasteiger charge is -2.41. The van der Waals surface area contributed by atoms with Gasteiger partial charge in [0.25, 0.3) is 0 Å². The van der Waals surface area contributed by atoms with Gasteiger partial charge in [0.15, 0.2) is 0 Å². The van der Waals surface area contributed by atoms with E-state index in [9.17, 15) is 18.4 Å². The quantitative estimate of drug-likeness (QED) is 0.544. The van der Waals surface area contributed by atoms with Crippen molar-refractivity contribution < 1.29 is 17.9 Å². The number of rotatable bonds is 5. The Morgan fingerprint density at radius 3 is 2.56 bits per heavy atom.